The second-order valence-corrected chi connectivity index (χ2v) is 4.29. The van der Waals surface area contributed by atoms with E-state index in [1.165, 1.54) is 6.20 Å². The van der Waals surface area contributed by atoms with E-state index in [-0.39, 0.29) is 6.04 Å². The van der Waals surface area contributed by atoms with E-state index in [1.807, 2.05) is 6.92 Å². The number of imide groups is 1. The molecule has 0 unspecified atom stereocenters. The molecule has 0 aliphatic carbocycles. The SMILES string of the molecule is Cc1ccc(C(=O)N(C(=O)O)[C@@H]2CCNC2)cn1. The summed E-state index contributed by atoms with van der Waals surface area (Å²) in [7, 11) is 0. The number of hydrogen-bond acceptors (Lipinski definition) is 4. The number of carboxylic acid groups (broad SMARTS) is 1. The third kappa shape index (κ3) is 2.48. The lowest BCUT2D eigenvalue weighted by Gasteiger charge is -2.23. The maximum absolute atomic E-state index is 12.2. The molecule has 0 bridgehead atoms. The van der Waals surface area contributed by atoms with Gasteiger partial charge in [0.2, 0.25) is 0 Å². The zero-order chi connectivity index (χ0) is 13.1. The first-order valence-corrected chi connectivity index (χ1v) is 5.79. The summed E-state index contributed by atoms with van der Waals surface area (Å²) in [6.07, 6.45) is 0.849. The van der Waals surface area contributed by atoms with E-state index in [1.54, 1.807) is 12.1 Å². The summed E-state index contributed by atoms with van der Waals surface area (Å²) in [6, 6.07) is 3.00. The standard InChI is InChI=1S/C12H15N3O3/c1-8-2-3-9(6-14-8)11(16)15(12(17)18)10-4-5-13-7-10/h2-3,6,10,13H,4-5,7H2,1H3,(H,17,18)/t10-/m1/s1. The largest absolute Gasteiger partial charge is 0.465 e. The Balaban J connectivity index is 2.22. The van der Waals surface area contributed by atoms with Gasteiger partial charge < -0.3 is 10.4 Å². The van der Waals surface area contributed by atoms with Gasteiger partial charge in [-0.2, -0.15) is 0 Å². The van der Waals surface area contributed by atoms with Crippen LogP contribution in [0.25, 0.3) is 0 Å². The molecule has 2 amide bonds. The normalized spacial score (nSPS) is 18.6. The lowest BCUT2D eigenvalue weighted by atomic mass is 10.1. The van der Waals surface area contributed by atoms with Crippen LogP contribution in [0.2, 0.25) is 0 Å². The average Bonchev–Trinajstić information content (AvgIpc) is 2.83. The minimum atomic E-state index is -1.21. The molecule has 0 radical (unpaired) electrons. The minimum absolute atomic E-state index is 0.295. The number of rotatable bonds is 2. The van der Waals surface area contributed by atoms with Gasteiger partial charge in [-0.25, -0.2) is 9.69 Å². The van der Waals surface area contributed by atoms with E-state index in [9.17, 15) is 14.7 Å². The number of amides is 2. The Morgan fingerprint density at radius 3 is 2.78 bits per heavy atom. The lowest BCUT2D eigenvalue weighted by molar-refractivity contribution is 0.0680. The van der Waals surface area contributed by atoms with Gasteiger partial charge in [0.15, 0.2) is 0 Å². The number of carbonyl (C=O) groups excluding carboxylic acids is 1. The van der Waals surface area contributed by atoms with Crippen LogP contribution in [0.15, 0.2) is 18.3 Å². The quantitative estimate of drug-likeness (QED) is 0.812. The van der Waals surface area contributed by atoms with Crippen molar-refractivity contribution in [1.29, 1.82) is 0 Å². The van der Waals surface area contributed by atoms with Crippen molar-refractivity contribution in [3.8, 4) is 0 Å². The van der Waals surface area contributed by atoms with Crippen LogP contribution in [0, 0.1) is 6.92 Å². The first kappa shape index (κ1) is 12.5. The van der Waals surface area contributed by atoms with Crippen molar-refractivity contribution in [2.24, 2.45) is 0 Å². The summed E-state index contributed by atoms with van der Waals surface area (Å²) in [4.78, 5) is 28.3. The molecule has 18 heavy (non-hydrogen) atoms. The van der Waals surface area contributed by atoms with E-state index in [4.69, 9.17) is 0 Å². The van der Waals surface area contributed by atoms with E-state index in [0.717, 1.165) is 17.1 Å². The van der Waals surface area contributed by atoms with Gasteiger partial charge in [-0.3, -0.25) is 9.78 Å². The van der Waals surface area contributed by atoms with Crippen molar-refractivity contribution in [3.05, 3.63) is 29.6 Å². The minimum Gasteiger partial charge on any atom is -0.465 e. The second-order valence-electron chi connectivity index (χ2n) is 4.29. The van der Waals surface area contributed by atoms with Crippen LogP contribution in [0.3, 0.4) is 0 Å². The molecule has 1 aliphatic rings. The summed E-state index contributed by atoms with van der Waals surface area (Å²) in [5, 5.41) is 12.2. The zero-order valence-electron chi connectivity index (χ0n) is 10.1. The second kappa shape index (κ2) is 5.14. The van der Waals surface area contributed by atoms with Gasteiger partial charge in [0, 0.05) is 18.4 Å². The van der Waals surface area contributed by atoms with Crippen LogP contribution < -0.4 is 5.32 Å². The molecule has 2 heterocycles. The number of aryl methyl sites for hydroxylation is 1. The fourth-order valence-electron chi connectivity index (χ4n) is 2.00. The summed E-state index contributed by atoms with van der Waals surface area (Å²) < 4.78 is 0. The van der Waals surface area contributed by atoms with Gasteiger partial charge in [-0.05, 0) is 32.0 Å². The molecule has 2 N–H and O–H groups in total. The van der Waals surface area contributed by atoms with E-state index < -0.39 is 12.0 Å². The first-order chi connectivity index (χ1) is 8.59. The first-order valence-electron chi connectivity index (χ1n) is 5.79. The zero-order valence-corrected chi connectivity index (χ0v) is 10.1. The molecule has 96 valence electrons. The van der Waals surface area contributed by atoms with Crippen LogP contribution in [0.4, 0.5) is 4.79 Å². The number of nitrogens with one attached hydrogen (secondary N) is 1. The Bertz CT molecular complexity index is 452. The van der Waals surface area contributed by atoms with Gasteiger partial charge in [0.1, 0.15) is 0 Å². The van der Waals surface area contributed by atoms with Crippen molar-refractivity contribution in [1.82, 2.24) is 15.2 Å². The molecule has 0 saturated carbocycles. The topological polar surface area (TPSA) is 82.5 Å². The third-order valence-corrected chi connectivity index (χ3v) is 2.98. The molecule has 1 atom stereocenters. The highest BCUT2D eigenvalue weighted by molar-refractivity contribution is 6.02. The number of hydrogen-bond donors (Lipinski definition) is 2. The van der Waals surface area contributed by atoms with Crippen molar-refractivity contribution in [3.63, 3.8) is 0 Å². The molecule has 1 aromatic heterocycles. The number of nitrogens with zero attached hydrogens (tertiary/aromatic N) is 2. The monoisotopic (exact) mass is 249 g/mol. The highest BCUT2D eigenvalue weighted by Crippen LogP contribution is 2.13. The maximum atomic E-state index is 12.2. The molecule has 6 heteroatoms. The van der Waals surface area contributed by atoms with E-state index >= 15 is 0 Å². The number of pyridine rings is 1. The van der Waals surface area contributed by atoms with Crippen molar-refractivity contribution in [2.45, 2.75) is 19.4 Å². The molecule has 1 saturated heterocycles. The molecule has 0 spiro atoms. The van der Waals surface area contributed by atoms with Gasteiger partial charge in [0.05, 0.1) is 11.6 Å². The van der Waals surface area contributed by atoms with Crippen molar-refractivity contribution in [2.75, 3.05) is 13.1 Å². The molecular weight excluding hydrogens is 234 g/mol. The Morgan fingerprint density at radius 2 is 2.28 bits per heavy atom. The van der Waals surface area contributed by atoms with Crippen molar-refractivity contribution < 1.29 is 14.7 Å². The molecule has 0 aromatic carbocycles. The van der Waals surface area contributed by atoms with Gasteiger partial charge in [-0.15, -0.1) is 0 Å². The van der Waals surface area contributed by atoms with E-state index in [2.05, 4.69) is 10.3 Å². The predicted molar refractivity (Wildman–Crippen MR) is 64.4 cm³/mol. The Labute approximate surface area is 105 Å². The molecular formula is C12H15N3O3. The van der Waals surface area contributed by atoms with Crippen LogP contribution >= 0.6 is 0 Å². The summed E-state index contributed by atoms with van der Waals surface area (Å²) in [6.45, 7) is 3.05. The highest BCUT2D eigenvalue weighted by atomic mass is 16.4. The van der Waals surface area contributed by atoms with E-state index in [0.29, 0.717) is 18.5 Å². The molecule has 1 aromatic rings. The predicted octanol–water partition coefficient (Wildman–Crippen LogP) is 0.872. The van der Waals surface area contributed by atoms with Gasteiger partial charge >= 0.3 is 6.09 Å². The van der Waals surface area contributed by atoms with Crippen LogP contribution in [0.5, 0.6) is 0 Å². The summed E-state index contributed by atoms with van der Waals surface area (Å²) in [5.74, 6) is -0.510. The molecule has 2 rings (SSSR count). The Kier molecular flexibility index (Phi) is 3.57. The summed E-state index contributed by atoms with van der Waals surface area (Å²) in [5.41, 5.74) is 1.09. The molecule has 1 aliphatic heterocycles. The van der Waals surface area contributed by atoms with Crippen LogP contribution in [0.1, 0.15) is 22.5 Å². The van der Waals surface area contributed by atoms with Crippen LogP contribution in [-0.4, -0.2) is 46.1 Å². The fourth-order valence-corrected chi connectivity index (χ4v) is 2.00. The Hall–Kier alpha value is -1.95. The number of aromatic nitrogens is 1. The highest BCUT2D eigenvalue weighted by Gasteiger charge is 2.32. The average molecular weight is 249 g/mol. The third-order valence-electron chi connectivity index (χ3n) is 2.98. The molecule has 1 fully saturated rings. The Morgan fingerprint density at radius 1 is 1.50 bits per heavy atom. The lowest BCUT2D eigenvalue weighted by Crippen LogP contribution is -2.45. The van der Waals surface area contributed by atoms with Crippen LogP contribution in [-0.2, 0) is 0 Å². The fraction of sp³-hybridized carbons (Fsp3) is 0.417. The summed E-state index contributed by atoms with van der Waals surface area (Å²) >= 11 is 0. The number of carbonyl (C=O) groups is 2. The molecule has 6 nitrogen and oxygen atoms in total. The smallest absolute Gasteiger partial charge is 0.414 e. The van der Waals surface area contributed by atoms with Gasteiger partial charge in [-0.1, -0.05) is 0 Å². The van der Waals surface area contributed by atoms with Crippen molar-refractivity contribution >= 4 is 12.0 Å². The van der Waals surface area contributed by atoms with Gasteiger partial charge in [0.25, 0.3) is 5.91 Å². The maximum Gasteiger partial charge on any atom is 0.414 e.